The van der Waals surface area contributed by atoms with E-state index in [1.807, 2.05) is 0 Å². The Labute approximate surface area is 49.0 Å². The minimum atomic E-state index is 0.661. The summed E-state index contributed by atoms with van der Waals surface area (Å²) >= 11 is 0. The molecular weight excluding hydrogens is 100 g/mol. The fraction of sp³-hybridized carbons (Fsp3) is 0.857. The highest BCUT2D eigenvalue weighted by Gasteiger charge is 2.59. The molecule has 0 aromatic rings. The zero-order valence-electron chi connectivity index (χ0n) is 4.76. The van der Waals surface area contributed by atoms with E-state index in [4.69, 9.17) is 4.74 Å². The van der Waals surface area contributed by atoms with Crippen molar-refractivity contribution in [1.82, 2.24) is 0 Å². The van der Waals surface area contributed by atoms with Crippen molar-refractivity contribution in [2.24, 2.45) is 5.92 Å². The zero-order chi connectivity index (χ0) is 5.14. The van der Waals surface area contributed by atoms with Crippen LogP contribution >= 0.6 is 0 Å². The van der Waals surface area contributed by atoms with Gasteiger partial charge in [-0.1, -0.05) is 0 Å². The third-order valence-electron chi connectivity index (χ3n) is 2.75. The fourth-order valence-corrected chi connectivity index (χ4v) is 2.26. The summed E-state index contributed by atoms with van der Waals surface area (Å²) in [7, 11) is 0. The van der Waals surface area contributed by atoms with E-state index < -0.39 is 0 Å². The summed E-state index contributed by atoms with van der Waals surface area (Å²) in [4.78, 5) is 0. The average Bonchev–Trinajstić information content (AvgIpc) is 2.39. The Hall–Kier alpha value is -0.0400. The maximum Gasteiger partial charge on any atom is 0.0907 e. The van der Waals surface area contributed by atoms with E-state index in [2.05, 4.69) is 0 Å². The van der Waals surface area contributed by atoms with E-state index in [-0.39, 0.29) is 0 Å². The van der Waals surface area contributed by atoms with Crippen molar-refractivity contribution in [1.29, 1.82) is 0 Å². The van der Waals surface area contributed by atoms with Gasteiger partial charge < -0.3 is 4.74 Å². The summed E-state index contributed by atoms with van der Waals surface area (Å²) in [5.74, 6) is 2.68. The predicted octanol–water partition coefficient (Wildman–Crippen LogP) is 1.14. The van der Waals surface area contributed by atoms with E-state index in [9.17, 15) is 0 Å². The molecular formula is C7H9O. The molecule has 8 heavy (non-hydrogen) atoms. The van der Waals surface area contributed by atoms with Gasteiger partial charge in [0.05, 0.1) is 12.2 Å². The Balaban J connectivity index is 2.02. The third-order valence-corrected chi connectivity index (χ3v) is 2.75. The average molecular weight is 109 g/mol. The van der Waals surface area contributed by atoms with E-state index in [0.717, 1.165) is 5.92 Å². The van der Waals surface area contributed by atoms with Crippen LogP contribution in [0.2, 0.25) is 0 Å². The van der Waals surface area contributed by atoms with Crippen LogP contribution in [0.5, 0.6) is 0 Å². The second-order valence-corrected chi connectivity index (χ2v) is 3.18. The smallest absolute Gasteiger partial charge is 0.0907 e. The Morgan fingerprint density at radius 1 is 1.50 bits per heavy atom. The van der Waals surface area contributed by atoms with Gasteiger partial charge in [0.2, 0.25) is 0 Å². The van der Waals surface area contributed by atoms with Crippen molar-refractivity contribution in [2.45, 2.75) is 31.5 Å². The van der Waals surface area contributed by atoms with Gasteiger partial charge in [-0.15, -0.1) is 0 Å². The van der Waals surface area contributed by atoms with Crippen LogP contribution in [-0.4, -0.2) is 12.2 Å². The largest absolute Gasteiger partial charge is 0.369 e. The number of ether oxygens (including phenoxy) is 1. The first-order chi connectivity index (χ1) is 3.95. The van der Waals surface area contributed by atoms with Crippen LogP contribution in [0.1, 0.15) is 19.3 Å². The van der Waals surface area contributed by atoms with Crippen LogP contribution in [0, 0.1) is 11.8 Å². The first-order valence-electron chi connectivity index (χ1n) is 3.45. The SMILES string of the molecule is C1CC2C[C]1C1OC21. The van der Waals surface area contributed by atoms with Gasteiger partial charge in [-0.3, -0.25) is 0 Å². The number of hydrogen-bond acceptors (Lipinski definition) is 1. The summed E-state index contributed by atoms with van der Waals surface area (Å²) in [5.41, 5.74) is 0. The molecule has 1 heterocycles. The topological polar surface area (TPSA) is 12.5 Å². The fourth-order valence-electron chi connectivity index (χ4n) is 2.26. The van der Waals surface area contributed by atoms with Gasteiger partial charge in [0.1, 0.15) is 0 Å². The molecule has 3 atom stereocenters. The highest BCUT2D eigenvalue weighted by Crippen LogP contribution is 2.57. The molecule has 1 radical (unpaired) electrons. The van der Waals surface area contributed by atoms with Crippen molar-refractivity contribution in [3.8, 4) is 0 Å². The van der Waals surface area contributed by atoms with E-state index in [0.29, 0.717) is 12.2 Å². The van der Waals surface area contributed by atoms with Crippen molar-refractivity contribution in [3.63, 3.8) is 0 Å². The summed E-state index contributed by atoms with van der Waals surface area (Å²) in [5, 5.41) is 0. The summed E-state index contributed by atoms with van der Waals surface area (Å²) < 4.78 is 5.40. The van der Waals surface area contributed by atoms with E-state index in [1.54, 1.807) is 5.92 Å². The molecule has 0 aromatic heterocycles. The first kappa shape index (κ1) is 3.89. The molecule has 0 N–H and O–H groups in total. The molecule has 0 spiro atoms. The van der Waals surface area contributed by atoms with Crippen LogP contribution < -0.4 is 0 Å². The monoisotopic (exact) mass is 109 g/mol. The lowest BCUT2D eigenvalue weighted by Gasteiger charge is -1.99. The van der Waals surface area contributed by atoms with Gasteiger partial charge in [-0.2, -0.15) is 0 Å². The molecule has 3 rings (SSSR count). The molecule has 1 aliphatic heterocycles. The van der Waals surface area contributed by atoms with Crippen molar-refractivity contribution < 1.29 is 4.74 Å². The zero-order valence-corrected chi connectivity index (χ0v) is 4.76. The van der Waals surface area contributed by atoms with Gasteiger partial charge in [0.25, 0.3) is 0 Å². The highest BCUT2D eigenvalue weighted by molar-refractivity contribution is 5.23. The van der Waals surface area contributed by atoms with Crippen molar-refractivity contribution in [3.05, 3.63) is 5.92 Å². The molecule has 43 valence electrons. The summed E-state index contributed by atoms with van der Waals surface area (Å²) in [6, 6.07) is 0. The predicted molar refractivity (Wildman–Crippen MR) is 29.2 cm³/mol. The molecule has 2 aliphatic carbocycles. The Bertz CT molecular complexity index is 118. The third kappa shape index (κ3) is 0.278. The molecule has 0 aromatic carbocycles. The summed E-state index contributed by atoms with van der Waals surface area (Å²) in [6.45, 7) is 0. The lowest BCUT2D eigenvalue weighted by atomic mass is 10.0. The van der Waals surface area contributed by atoms with Gasteiger partial charge in [-0.05, 0) is 25.2 Å². The van der Waals surface area contributed by atoms with Crippen molar-refractivity contribution in [2.75, 3.05) is 0 Å². The minimum Gasteiger partial charge on any atom is -0.369 e. The Kier molecular flexibility index (Phi) is 0.472. The number of rotatable bonds is 0. The Morgan fingerprint density at radius 3 is 3.00 bits per heavy atom. The number of epoxide rings is 1. The molecule has 1 nitrogen and oxygen atoms in total. The highest BCUT2D eigenvalue weighted by atomic mass is 16.6. The first-order valence-corrected chi connectivity index (χ1v) is 3.45. The van der Waals surface area contributed by atoms with Crippen LogP contribution in [0.15, 0.2) is 0 Å². The lowest BCUT2D eigenvalue weighted by Crippen LogP contribution is -2.03. The normalized spacial score (nSPS) is 59.2. The van der Waals surface area contributed by atoms with Gasteiger partial charge in [-0.25, -0.2) is 0 Å². The molecule has 2 saturated carbocycles. The van der Waals surface area contributed by atoms with Crippen molar-refractivity contribution >= 4 is 0 Å². The number of hydrogen-bond donors (Lipinski definition) is 0. The second-order valence-electron chi connectivity index (χ2n) is 3.18. The molecule has 1 heteroatoms. The van der Waals surface area contributed by atoms with Crippen LogP contribution in [0.3, 0.4) is 0 Å². The molecule has 1 saturated heterocycles. The van der Waals surface area contributed by atoms with Crippen LogP contribution in [0.4, 0.5) is 0 Å². The molecule has 3 aliphatic rings. The lowest BCUT2D eigenvalue weighted by molar-refractivity contribution is 0.304. The number of fused-ring (bicyclic) bond motifs is 5. The Morgan fingerprint density at radius 2 is 2.50 bits per heavy atom. The van der Waals surface area contributed by atoms with Crippen LogP contribution in [-0.2, 0) is 4.74 Å². The second kappa shape index (κ2) is 0.971. The van der Waals surface area contributed by atoms with E-state index in [1.165, 1.54) is 19.3 Å². The van der Waals surface area contributed by atoms with Gasteiger partial charge in [0, 0.05) is 5.92 Å². The van der Waals surface area contributed by atoms with Gasteiger partial charge >= 0.3 is 0 Å². The maximum absolute atomic E-state index is 5.40. The molecule has 0 amide bonds. The molecule has 2 bridgehead atoms. The molecule has 3 unspecified atom stereocenters. The van der Waals surface area contributed by atoms with Gasteiger partial charge in [0.15, 0.2) is 0 Å². The van der Waals surface area contributed by atoms with E-state index >= 15 is 0 Å². The summed E-state index contributed by atoms with van der Waals surface area (Å²) in [6.07, 6.45) is 5.59. The standard InChI is InChI=1S/C7H9O/c1-2-5-3-4(1)6-7(5)8-6/h4,6-7H,1-3H2. The minimum absolute atomic E-state index is 0.661. The quantitative estimate of drug-likeness (QED) is 0.425. The van der Waals surface area contributed by atoms with Crippen LogP contribution in [0.25, 0.3) is 0 Å². The maximum atomic E-state index is 5.40. The molecule has 3 fully saturated rings.